The van der Waals surface area contributed by atoms with Crippen LogP contribution in [0.2, 0.25) is 0 Å². The molecule has 7 nitrogen and oxygen atoms in total. The lowest BCUT2D eigenvalue weighted by Crippen LogP contribution is -2.33. The van der Waals surface area contributed by atoms with Crippen LogP contribution in [0.1, 0.15) is 36.7 Å². The van der Waals surface area contributed by atoms with Gasteiger partial charge in [-0.15, -0.1) is 0 Å². The van der Waals surface area contributed by atoms with Crippen molar-refractivity contribution < 1.29 is 23.5 Å². The van der Waals surface area contributed by atoms with Crippen LogP contribution in [0.5, 0.6) is 0 Å². The Labute approximate surface area is 173 Å². The van der Waals surface area contributed by atoms with E-state index in [1.807, 2.05) is 0 Å². The maximum Gasteiger partial charge on any atom is 0.412 e. The first-order valence-corrected chi connectivity index (χ1v) is 9.25. The second-order valence-electron chi connectivity index (χ2n) is 7.75. The third kappa shape index (κ3) is 4.65. The average Bonchev–Trinajstić information content (AvgIpc) is 2.88. The first-order valence-electron chi connectivity index (χ1n) is 9.25. The molecular formula is C22H22FN3O4. The van der Waals surface area contributed by atoms with Crippen molar-refractivity contribution in [2.75, 3.05) is 17.2 Å². The number of amides is 3. The predicted molar refractivity (Wildman–Crippen MR) is 111 cm³/mol. The largest absolute Gasteiger partial charge is 0.444 e. The second kappa shape index (κ2) is 7.98. The number of carbonyl (C=O) groups is 3. The summed E-state index contributed by atoms with van der Waals surface area (Å²) in [5.41, 5.74) is 1.02. The second-order valence-corrected chi connectivity index (χ2v) is 7.75. The number of benzene rings is 2. The van der Waals surface area contributed by atoms with Gasteiger partial charge in [0.05, 0.1) is 11.4 Å². The molecule has 3 rings (SSSR count). The Bertz CT molecular complexity index is 1010. The molecule has 0 unspecified atom stereocenters. The summed E-state index contributed by atoms with van der Waals surface area (Å²) in [6.45, 7) is 8.69. The van der Waals surface area contributed by atoms with Crippen LogP contribution < -0.4 is 10.6 Å². The summed E-state index contributed by atoms with van der Waals surface area (Å²) >= 11 is 0. The molecule has 2 N–H and O–H groups in total. The van der Waals surface area contributed by atoms with E-state index < -0.39 is 23.4 Å². The first kappa shape index (κ1) is 21.0. The van der Waals surface area contributed by atoms with Crippen molar-refractivity contribution >= 4 is 35.0 Å². The quantitative estimate of drug-likeness (QED) is 0.788. The van der Waals surface area contributed by atoms with Crippen LogP contribution in [0, 0.1) is 5.82 Å². The first-order chi connectivity index (χ1) is 14.0. The minimum absolute atomic E-state index is 0.0423. The Morgan fingerprint density at radius 1 is 1.07 bits per heavy atom. The molecule has 0 saturated carbocycles. The predicted octanol–water partition coefficient (Wildman–Crippen LogP) is 4.24. The van der Waals surface area contributed by atoms with Gasteiger partial charge in [-0.1, -0.05) is 24.8 Å². The standard InChI is InChI=1S/C22H22FN3O4/c1-13-15-7-5-6-8-16(15)20(28)26(13)12-19(27)24-18-11-14(23)9-10-17(18)25-21(29)30-22(2,3)4/h5-11H,1,12H2,2-4H3,(H,24,27)(H,25,29). The Morgan fingerprint density at radius 3 is 2.37 bits per heavy atom. The number of nitrogens with one attached hydrogen (secondary N) is 2. The maximum atomic E-state index is 13.7. The summed E-state index contributed by atoms with van der Waals surface area (Å²) in [5.74, 6) is -1.51. The van der Waals surface area contributed by atoms with Gasteiger partial charge in [0.1, 0.15) is 18.0 Å². The van der Waals surface area contributed by atoms with Crippen LogP contribution in [0.3, 0.4) is 0 Å². The van der Waals surface area contributed by atoms with Crippen molar-refractivity contribution in [3.05, 3.63) is 66.0 Å². The van der Waals surface area contributed by atoms with E-state index in [9.17, 15) is 18.8 Å². The molecule has 8 heteroatoms. The van der Waals surface area contributed by atoms with Crippen LogP contribution in [-0.2, 0) is 9.53 Å². The summed E-state index contributed by atoms with van der Waals surface area (Å²) in [6.07, 6.45) is -0.747. The number of carbonyl (C=O) groups excluding carboxylic acids is 3. The molecule has 2 aromatic carbocycles. The zero-order valence-electron chi connectivity index (χ0n) is 16.9. The highest BCUT2D eigenvalue weighted by Crippen LogP contribution is 2.31. The van der Waals surface area contributed by atoms with E-state index in [-0.39, 0.29) is 23.8 Å². The number of fused-ring (bicyclic) bond motifs is 1. The number of anilines is 2. The zero-order chi connectivity index (χ0) is 22.1. The zero-order valence-corrected chi connectivity index (χ0v) is 16.9. The summed E-state index contributed by atoms with van der Waals surface area (Å²) in [7, 11) is 0. The molecule has 156 valence electrons. The van der Waals surface area contributed by atoms with Gasteiger partial charge in [-0.05, 0) is 45.0 Å². The minimum atomic E-state index is -0.747. The highest BCUT2D eigenvalue weighted by Gasteiger charge is 2.32. The van der Waals surface area contributed by atoms with E-state index in [1.54, 1.807) is 45.0 Å². The third-order valence-electron chi connectivity index (χ3n) is 4.23. The van der Waals surface area contributed by atoms with Crippen LogP contribution in [0.4, 0.5) is 20.6 Å². The fraction of sp³-hybridized carbons (Fsp3) is 0.227. The van der Waals surface area contributed by atoms with Crippen molar-refractivity contribution in [2.45, 2.75) is 26.4 Å². The van der Waals surface area contributed by atoms with Gasteiger partial charge in [-0.25, -0.2) is 9.18 Å². The molecular weight excluding hydrogens is 389 g/mol. The van der Waals surface area contributed by atoms with Crippen LogP contribution in [0.25, 0.3) is 5.70 Å². The molecule has 0 aromatic heterocycles. The normalized spacial score (nSPS) is 13.1. The van der Waals surface area contributed by atoms with Gasteiger partial charge >= 0.3 is 6.09 Å². The molecule has 0 aliphatic carbocycles. The van der Waals surface area contributed by atoms with Gasteiger partial charge in [0.25, 0.3) is 5.91 Å². The van der Waals surface area contributed by atoms with E-state index in [0.29, 0.717) is 16.8 Å². The summed E-state index contributed by atoms with van der Waals surface area (Å²) in [6, 6.07) is 10.5. The molecule has 1 aliphatic rings. The van der Waals surface area contributed by atoms with E-state index >= 15 is 0 Å². The number of halogens is 1. The van der Waals surface area contributed by atoms with Crippen molar-refractivity contribution in [1.29, 1.82) is 0 Å². The number of hydrogen-bond donors (Lipinski definition) is 2. The average molecular weight is 411 g/mol. The molecule has 1 heterocycles. The molecule has 1 aliphatic heterocycles. The highest BCUT2D eigenvalue weighted by atomic mass is 19.1. The number of ether oxygens (including phenoxy) is 1. The van der Waals surface area contributed by atoms with Gasteiger partial charge < -0.3 is 10.1 Å². The fourth-order valence-corrected chi connectivity index (χ4v) is 2.98. The van der Waals surface area contributed by atoms with Crippen molar-refractivity contribution in [2.24, 2.45) is 0 Å². The lowest BCUT2D eigenvalue weighted by molar-refractivity contribution is -0.116. The van der Waals surface area contributed by atoms with Crippen LogP contribution in [0.15, 0.2) is 49.0 Å². The number of rotatable bonds is 4. The van der Waals surface area contributed by atoms with Crippen molar-refractivity contribution in [3.8, 4) is 0 Å². The SMILES string of the molecule is C=C1c2ccccc2C(=O)N1CC(=O)Nc1cc(F)ccc1NC(=O)OC(C)(C)C. The van der Waals surface area contributed by atoms with Gasteiger partial charge in [0, 0.05) is 16.8 Å². The van der Waals surface area contributed by atoms with Crippen molar-refractivity contribution in [1.82, 2.24) is 4.90 Å². The molecule has 3 amide bonds. The van der Waals surface area contributed by atoms with Gasteiger partial charge in [-0.2, -0.15) is 0 Å². The molecule has 0 atom stereocenters. The van der Waals surface area contributed by atoms with Crippen LogP contribution >= 0.6 is 0 Å². The molecule has 0 fully saturated rings. The third-order valence-corrected chi connectivity index (χ3v) is 4.23. The van der Waals surface area contributed by atoms with Gasteiger partial charge in [0.2, 0.25) is 5.91 Å². The molecule has 0 radical (unpaired) electrons. The summed E-state index contributed by atoms with van der Waals surface area (Å²) in [4.78, 5) is 38.4. The van der Waals surface area contributed by atoms with E-state index in [2.05, 4.69) is 17.2 Å². The Kier molecular flexibility index (Phi) is 5.60. The van der Waals surface area contributed by atoms with Gasteiger partial charge in [-0.3, -0.25) is 19.8 Å². The topological polar surface area (TPSA) is 87.7 Å². The molecule has 0 bridgehead atoms. The minimum Gasteiger partial charge on any atom is -0.444 e. The summed E-state index contributed by atoms with van der Waals surface area (Å²) < 4.78 is 18.9. The Balaban J connectivity index is 1.73. The summed E-state index contributed by atoms with van der Waals surface area (Å²) in [5, 5.41) is 5.01. The molecule has 2 aromatic rings. The van der Waals surface area contributed by atoms with Gasteiger partial charge in [0.15, 0.2) is 0 Å². The Morgan fingerprint density at radius 2 is 1.73 bits per heavy atom. The smallest absolute Gasteiger partial charge is 0.412 e. The van der Waals surface area contributed by atoms with E-state index in [0.717, 1.165) is 12.1 Å². The molecule has 0 spiro atoms. The highest BCUT2D eigenvalue weighted by molar-refractivity contribution is 6.11. The van der Waals surface area contributed by atoms with E-state index in [1.165, 1.54) is 11.0 Å². The lowest BCUT2D eigenvalue weighted by atomic mass is 10.1. The lowest BCUT2D eigenvalue weighted by Gasteiger charge is -2.21. The maximum absolute atomic E-state index is 13.7. The van der Waals surface area contributed by atoms with E-state index in [4.69, 9.17) is 4.74 Å². The number of hydrogen-bond acceptors (Lipinski definition) is 4. The Hall–Kier alpha value is -3.68. The van der Waals surface area contributed by atoms with Crippen LogP contribution in [-0.4, -0.2) is 35.0 Å². The monoisotopic (exact) mass is 411 g/mol. The molecule has 0 saturated heterocycles. The van der Waals surface area contributed by atoms with Crippen molar-refractivity contribution in [3.63, 3.8) is 0 Å². The molecule has 30 heavy (non-hydrogen) atoms. The number of nitrogens with zero attached hydrogens (tertiary/aromatic N) is 1. The fourth-order valence-electron chi connectivity index (χ4n) is 2.98.